The molecule has 6 heteroatoms. The summed E-state index contributed by atoms with van der Waals surface area (Å²) in [4.78, 5) is 2.35. The van der Waals surface area contributed by atoms with Crippen molar-refractivity contribution in [3.05, 3.63) is 36.0 Å². The number of aromatic nitrogens is 2. The highest BCUT2D eigenvalue weighted by atomic mass is 32.2. The van der Waals surface area contributed by atoms with Gasteiger partial charge in [-0.1, -0.05) is 6.92 Å². The Labute approximate surface area is 127 Å². The molecule has 1 saturated heterocycles. The lowest BCUT2D eigenvalue weighted by molar-refractivity contribution is 0.246. The summed E-state index contributed by atoms with van der Waals surface area (Å²) < 4.78 is 18.6. The zero-order chi connectivity index (χ0) is 14.7. The molecule has 2 heterocycles. The Morgan fingerprint density at radius 1 is 1.33 bits per heavy atom. The molecular formula is C15H18FN3OS. The van der Waals surface area contributed by atoms with E-state index in [1.165, 1.54) is 18.6 Å². The molecule has 1 aromatic carbocycles. The second kappa shape index (κ2) is 6.58. The standard InChI is InChI=1S/C15H18FN3OS/c1-2-13-9-19(7-8-21-13)10-14-17-18-15(20-14)11-3-5-12(16)6-4-11/h3-6,13H,2,7-10H2,1H3/t13-/m0/s1. The predicted molar refractivity (Wildman–Crippen MR) is 81.5 cm³/mol. The van der Waals surface area contributed by atoms with Gasteiger partial charge in [0, 0.05) is 29.7 Å². The van der Waals surface area contributed by atoms with Gasteiger partial charge in [0.15, 0.2) is 0 Å². The van der Waals surface area contributed by atoms with Crippen molar-refractivity contribution in [2.75, 3.05) is 18.8 Å². The fraction of sp³-hybridized carbons (Fsp3) is 0.467. The van der Waals surface area contributed by atoms with Crippen LogP contribution < -0.4 is 0 Å². The zero-order valence-corrected chi connectivity index (χ0v) is 12.8. The Morgan fingerprint density at radius 2 is 2.14 bits per heavy atom. The molecule has 4 nitrogen and oxygen atoms in total. The first-order chi connectivity index (χ1) is 10.2. The molecule has 0 saturated carbocycles. The van der Waals surface area contributed by atoms with Gasteiger partial charge in [0.1, 0.15) is 5.82 Å². The summed E-state index contributed by atoms with van der Waals surface area (Å²) in [5, 5.41) is 8.84. The van der Waals surface area contributed by atoms with E-state index in [0.29, 0.717) is 23.6 Å². The fourth-order valence-electron chi connectivity index (χ4n) is 2.39. The molecule has 0 amide bonds. The van der Waals surface area contributed by atoms with E-state index in [1.54, 1.807) is 12.1 Å². The van der Waals surface area contributed by atoms with Gasteiger partial charge in [0.05, 0.1) is 6.54 Å². The van der Waals surface area contributed by atoms with Crippen LogP contribution in [0.15, 0.2) is 28.7 Å². The van der Waals surface area contributed by atoms with Crippen molar-refractivity contribution in [2.45, 2.75) is 25.1 Å². The number of thioether (sulfide) groups is 1. The maximum atomic E-state index is 12.9. The molecule has 1 aliphatic heterocycles. The monoisotopic (exact) mass is 307 g/mol. The van der Waals surface area contributed by atoms with Crippen LogP contribution in [-0.4, -0.2) is 39.2 Å². The maximum Gasteiger partial charge on any atom is 0.247 e. The van der Waals surface area contributed by atoms with E-state index in [2.05, 4.69) is 22.0 Å². The van der Waals surface area contributed by atoms with Crippen molar-refractivity contribution < 1.29 is 8.81 Å². The molecule has 21 heavy (non-hydrogen) atoms. The van der Waals surface area contributed by atoms with Crippen molar-refractivity contribution >= 4 is 11.8 Å². The molecule has 0 N–H and O–H groups in total. The van der Waals surface area contributed by atoms with E-state index < -0.39 is 0 Å². The summed E-state index contributed by atoms with van der Waals surface area (Å²) >= 11 is 2.04. The second-order valence-electron chi connectivity index (χ2n) is 5.14. The summed E-state index contributed by atoms with van der Waals surface area (Å²) in [5.41, 5.74) is 0.746. The minimum Gasteiger partial charge on any atom is -0.419 e. The normalized spacial score (nSPS) is 19.8. The van der Waals surface area contributed by atoms with Crippen molar-refractivity contribution in [1.82, 2.24) is 15.1 Å². The Hall–Kier alpha value is -1.40. The highest BCUT2D eigenvalue weighted by Crippen LogP contribution is 2.23. The first-order valence-electron chi connectivity index (χ1n) is 7.17. The van der Waals surface area contributed by atoms with Gasteiger partial charge >= 0.3 is 0 Å². The summed E-state index contributed by atoms with van der Waals surface area (Å²) in [6.45, 7) is 5.02. The summed E-state index contributed by atoms with van der Waals surface area (Å²) in [6, 6.07) is 6.09. The number of hydrogen-bond donors (Lipinski definition) is 0. The van der Waals surface area contributed by atoms with Crippen LogP contribution in [0.25, 0.3) is 11.5 Å². The van der Waals surface area contributed by atoms with Crippen LogP contribution >= 0.6 is 11.8 Å². The van der Waals surface area contributed by atoms with Crippen LogP contribution in [0.2, 0.25) is 0 Å². The van der Waals surface area contributed by atoms with Crippen molar-refractivity contribution in [2.24, 2.45) is 0 Å². The number of nitrogens with zero attached hydrogens (tertiary/aromatic N) is 3. The van der Waals surface area contributed by atoms with Crippen LogP contribution in [0.1, 0.15) is 19.2 Å². The van der Waals surface area contributed by atoms with E-state index in [-0.39, 0.29) is 5.82 Å². The Bertz CT molecular complexity index is 587. The van der Waals surface area contributed by atoms with E-state index in [9.17, 15) is 4.39 Å². The molecule has 2 aromatic rings. The molecule has 3 rings (SSSR count). The fourth-order valence-corrected chi connectivity index (χ4v) is 3.64. The molecule has 1 aliphatic rings. The third kappa shape index (κ3) is 3.63. The van der Waals surface area contributed by atoms with Crippen LogP contribution in [-0.2, 0) is 6.54 Å². The number of hydrogen-bond acceptors (Lipinski definition) is 5. The van der Waals surface area contributed by atoms with Crippen LogP contribution in [0.5, 0.6) is 0 Å². The molecule has 0 radical (unpaired) electrons. The van der Waals surface area contributed by atoms with Gasteiger partial charge in [-0.25, -0.2) is 4.39 Å². The SMILES string of the molecule is CC[C@H]1CN(Cc2nnc(-c3ccc(F)cc3)o2)CCS1. The molecular weight excluding hydrogens is 289 g/mol. The third-order valence-corrected chi connectivity index (χ3v) is 4.97. The van der Waals surface area contributed by atoms with Gasteiger partial charge in [-0.05, 0) is 30.7 Å². The summed E-state index contributed by atoms with van der Waals surface area (Å²) in [5.74, 6) is 1.95. The van der Waals surface area contributed by atoms with Gasteiger partial charge in [0.25, 0.3) is 0 Å². The van der Waals surface area contributed by atoms with Gasteiger partial charge in [-0.15, -0.1) is 10.2 Å². The molecule has 1 atom stereocenters. The van der Waals surface area contributed by atoms with Crippen LogP contribution in [0.4, 0.5) is 4.39 Å². The molecule has 0 unspecified atom stereocenters. The summed E-state index contributed by atoms with van der Waals surface area (Å²) in [6.07, 6.45) is 1.19. The minimum absolute atomic E-state index is 0.269. The van der Waals surface area contributed by atoms with Crippen molar-refractivity contribution in [1.29, 1.82) is 0 Å². The van der Waals surface area contributed by atoms with E-state index in [0.717, 1.165) is 24.4 Å². The smallest absolute Gasteiger partial charge is 0.247 e. The van der Waals surface area contributed by atoms with Crippen LogP contribution in [0, 0.1) is 5.82 Å². The number of benzene rings is 1. The molecule has 1 fully saturated rings. The van der Waals surface area contributed by atoms with Crippen LogP contribution in [0.3, 0.4) is 0 Å². The Kier molecular flexibility index (Phi) is 4.55. The highest BCUT2D eigenvalue weighted by molar-refractivity contribution is 8.00. The number of halogens is 1. The molecule has 0 spiro atoms. The first-order valence-corrected chi connectivity index (χ1v) is 8.21. The lowest BCUT2D eigenvalue weighted by Crippen LogP contribution is -2.37. The topological polar surface area (TPSA) is 42.2 Å². The number of rotatable bonds is 4. The van der Waals surface area contributed by atoms with E-state index in [4.69, 9.17) is 4.42 Å². The second-order valence-corrected chi connectivity index (χ2v) is 6.55. The minimum atomic E-state index is -0.269. The van der Waals surface area contributed by atoms with Gasteiger partial charge < -0.3 is 4.42 Å². The lowest BCUT2D eigenvalue weighted by atomic mass is 10.2. The molecule has 1 aromatic heterocycles. The largest absolute Gasteiger partial charge is 0.419 e. The predicted octanol–water partition coefficient (Wildman–Crippen LogP) is 3.20. The Balaban J connectivity index is 1.66. The summed E-state index contributed by atoms with van der Waals surface area (Å²) in [7, 11) is 0. The lowest BCUT2D eigenvalue weighted by Gasteiger charge is -2.30. The van der Waals surface area contributed by atoms with E-state index >= 15 is 0 Å². The average Bonchev–Trinajstić information content (AvgIpc) is 2.96. The Morgan fingerprint density at radius 3 is 2.90 bits per heavy atom. The van der Waals surface area contributed by atoms with Crippen molar-refractivity contribution in [3.8, 4) is 11.5 Å². The van der Waals surface area contributed by atoms with Crippen molar-refractivity contribution in [3.63, 3.8) is 0 Å². The van der Waals surface area contributed by atoms with E-state index in [1.807, 2.05) is 11.8 Å². The van der Waals surface area contributed by atoms with Gasteiger partial charge in [-0.2, -0.15) is 11.8 Å². The quantitative estimate of drug-likeness (QED) is 0.867. The van der Waals surface area contributed by atoms with Gasteiger partial charge in [-0.3, -0.25) is 4.90 Å². The maximum absolute atomic E-state index is 12.9. The molecule has 0 aliphatic carbocycles. The molecule has 0 bridgehead atoms. The average molecular weight is 307 g/mol. The third-order valence-electron chi connectivity index (χ3n) is 3.60. The highest BCUT2D eigenvalue weighted by Gasteiger charge is 2.21. The molecule has 112 valence electrons. The first kappa shape index (κ1) is 14.5. The van der Waals surface area contributed by atoms with Gasteiger partial charge in [0.2, 0.25) is 11.8 Å². The zero-order valence-electron chi connectivity index (χ0n) is 12.0.